The molecule has 1 aromatic carbocycles. The average Bonchev–Trinajstić information content (AvgIpc) is 2.80. The number of benzene rings is 1. The summed E-state index contributed by atoms with van der Waals surface area (Å²) in [5.74, 6) is -0.352. The average molecular weight is 376 g/mol. The van der Waals surface area contributed by atoms with E-state index in [9.17, 15) is 0 Å². The zero-order valence-corrected chi connectivity index (χ0v) is 17.4. The number of rotatable bonds is 6. The van der Waals surface area contributed by atoms with Crippen LogP contribution >= 0.6 is 0 Å². The fourth-order valence-electron chi connectivity index (χ4n) is 2.94. The van der Waals surface area contributed by atoms with Gasteiger partial charge in [0.15, 0.2) is 0 Å². The molecule has 0 amide bonds. The van der Waals surface area contributed by atoms with E-state index < -0.39 is 18.3 Å². The maximum absolute atomic E-state index is 15.2. The highest BCUT2D eigenvalue weighted by Gasteiger charge is 2.52. The van der Waals surface area contributed by atoms with Crippen molar-refractivity contribution in [3.8, 4) is 0 Å². The van der Waals surface area contributed by atoms with Crippen molar-refractivity contribution in [1.82, 2.24) is 0 Å². The van der Waals surface area contributed by atoms with Crippen LogP contribution in [0.4, 0.5) is 4.39 Å². The lowest BCUT2D eigenvalue weighted by atomic mass is 9.76. The summed E-state index contributed by atoms with van der Waals surface area (Å²) in [5, 5.41) is 0. The highest BCUT2D eigenvalue weighted by Crippen LogP contribution is 2.37. The molecule has 5 nitrogen and oxygen atoms in total. The number of ether oxygens (including phenoxy) is 1. The second-order valence-electron chi connectivity index (χ2n) is 7.77. The number of allylic oxidation sites excluding steroid dienone is 1. The van der Waals surface area contributed by atoms with Gasteiger partial charge in [-0.3, -0.25) is 4.99 Å². The van der Waals surface area contributed by atoms with Crippen molar-refractivity contribution in [2.75, 3.05) is 20.3 Å². The van der Waals surface area contributed by atoms with Crippen LogP contribution in [0.25, 0.3) is 5.57 Å². The highest BCUT2D eigenvalue weighted by molar-refractivity contribution is 6.62. The zero-order chi connectivity index (χ0) is 20.4. The third-order valence-corrected chi connectivity index (χ3v) is 5.41. The van der Waals surface area contributed by atoms with Gasteiger partial charge in [0.2, 0.25) is 0 Å². The third kappa shape index (κ3) is 4.26. The number of methoxy groups -OCH3 is 1. The van der Waals surface area contributed by atoms with Gasteiger partial charge >= 0.3 is 7.12 Å². The van der Waals surface area contributed by atoms with E-state index in [0.29, 0.717) is 35.3 Å². The molecule has 0 radical (unpaired) electrons. The van der Waals surface area contributed by atoms with E-state index in [1.54, 1.807) is 20.1 Å². The Balaban J connectivity index is 2.36. The Bertz CT molecular complexity index is 744. The summed E-state index contributed by atoms with van der Waals surface area (Å²) in [7, 11) is 0.878. The maximum Gasteiger partial charge on any atom is 0.497 e. The minimum Gasteiger partial charge on any atom is -0.404 e. The molecule has 0 bridgehead atoms. The van der Waals surface area contributed by atoms with Crippen molar-refractivity contribution in [3.63, 3.8) is 0 Å². The van der Waals surface area contributed by atoms with Gasteiger partial charge in [-0.25, -0.2) is 4.39 Å². The van der Waals surface area contributed by atoms with E-state index in [0.717, 1.165) is 5.71 Å². The Hall–Kier alpha value is -1.70. The molecule has 1 saturated heterocycles. The molecule has 0 spiro atoms. The molecule has 1 heterocycles. The standard InChI is InChI=1S/C20H30BFN2O3/c1-13-15(16(12-23)14(2)24-10-11-25-7)8-9-17(18(13)22)21-26-19(3,4)20(5,6)27-21/h8-9,12H,10-11,23H2,1-7H3/b16-12+,24-14?. The number of hydrogen-bond donors (Lipinski definition) is 1. The molecule has 2 N–H and O–H groups in total. The summed E-state index contributed by atoms with van der Waals surface area (Å²) in [6.07, 6.45) is 1.46. The van der Waals surface area contributed by atoms with E-state index in [-0.39, 0.29) is 5.82 Å². The summed E-state index contributed by atoms with van der Waals surface area (Å²) in [6.45, 7) is 12.4. The first-order chi connectivity index (χ1) is 12.6. The lowest BCUT2D eigenvalue weighted by Crippen LogP contribution is -2.41. The summed E-state index contributed by atoms with van der Waals surface area (Å²) in [6, 6.07) is 3.54. The van der Waals surface area contributed by atoms with Gasteiger partial charge in [-0.1, -0.05) is 12.1 Å². The Morgan fingerprint density at radius 1 is 1.26 bits per heavy atom. The van der Waals surface area contributed by atoms with Crippen molar-refractivity contribution in [1.29, 1.82) is 0 Å². The van der Waals surface area contributed by atoms with Crippen molar-refractivity contribution in [2.24, 2.45) is 10.7 Å². The van der Waals surface area contributed by atoms with Crippen molar-refractivity contribution >= 4 is 23.9 Å². The Morgan fingerprint density at radius 3 is 2.37 bits per heavy atom. The zero-order valence-electron chi connectivity index (χ0n) is 17.4. The first kappa shape index (κ1) is 21.6. The number of hydrogen-bond acceptors (Lipinski definition) is 5. The quantitative estimate of drug-likeness (QED) is 0.471. The summed E-state index contributed by atoms with van der Waals surface area (Å²) >= 11 is 0. The van der Waals surface area contributed by atoms with Gasteiger partial charge in [0, 0.05) is 30.1 Å². The summed E-state index contributed by atoms with van der Waals surface area (Å²) < 4.78 is 32.2. The largest absolute Gasteiger partial charge is 0.497 e. The van der Waals surface area contributed by atoms with Crippen LogP contribution in [0.15, 0.2) is 23.3 Å². The lowest BCUT2D eigenvalue weighted by Gasteiger charge is -2.32. The molecule has 0 aliphatic carbocycles. The minimum absolute atomic E-state index is 0.352. The van der Waals surface area contributed by atoms with Crippen LogP contribution in [0.3, 0.4) is 0 Å². The van der Waals surface area contributed by atoms with Gasteiger partial charge in [-0.15, -0.1) is 0 Å². The third-order valence-electron chi connectivity index (χ3n) is 5.41. The van der Waals surface area contributed by atoms with Crippen LogP contribution in [0, 0.1) is 12.7 Å². The summed E-state index contributed by atoms with van der Waals surface area (Å²) in [4.78, 5) is 4.44. The molecule has 1 aromatic rings. The molecule has 0 atom stereocenters. The molecule has 2 rings (SSSR count). The van der Waals surface area contributed by atoms with Gasteiger partial charge in [-0.05, 0) is 52.7 Å². The predicted octanol–water partition coefficient (Wildman–Crippen LogP) is 2.84. The number of nitrogens with two attached hydrogens (primary N) is 1. The van der Waals surface area contributed by atoms with E-state index in [4.69, 9.17) is 19.8 Å². The number of nitrogens with zero attached hydrogens (tertiary/aromatic N) is 1. The van der Waals surface area contributed by atoms with Gasteiger partial charge < -0.3 is 19.8 Å². The van der Waals surface area contributed by atoms with Gasteiger partial charge in [0.1, 0.15) is 5.82 Å². The molecule has 1 aliphatic rings. The molecule has 1 aliphatic heterocycles. The molecular formula is C20H30BFN2O3. The maximum atomic E-state index is 15.2. The molecule has 0 saturated carbocycles. The van der Waals surface area contributed by atoms with Crippen LogP contribution in [0.2, 0.25) is 0 Å². The second-order valence-corrected chi connectivity index (χ2v) is 7.77. The fraction of sp³-hybridized carbons (Fsp3) is 0.550. The molecule has 0 aromatic heterocycles. The van der Waals surface area contributed by atoms with Crippen molar-refractivity contribution < 1.29 is 18.4 Å². The summed E-state index contributed by atoms with van der Waals surface area (Å²) in [5.41, 5.74) is 7.78. The lowest BCUT2D eigenvalue weighted by molar-refractivity contribution is 0.00578. The van der Waals surface area contributed by atoms with Crippen LogP contribution in [0.5, 0.6) is 0 Å². The first-order valence-corrected chi connectivity index (χ1v) is 9.13. The van der Waals surface area contributed by atoms with E-state index >= 15 is 4.39 Å². The van der Waals surface area contributed by atoms with Gasteiger partial charge in [0.05, 0.1) is 24.4 Å². The van der Waals surface area contributed by atoms with Gasteiger partial charge in [0.25, 0.3) is 0 Å². The molecule has 0 unspecified atom stereocenters. The van der Waals surface area contributed by atoms with E-state index in [2.05, 4.69) is 4.99 Å². The molecular weight excluding hydrogens is 346 g/mol. The highest BCUT2D eigenvalue weighted by atomic mass is 19.1. The van der Waals surface area contributed by atoms with Crippen LogP contribution < -0.4 is 11.2 Å². The topological polar surface area (TPSA) is 66.1 Å². The first-order valence-electron chi connectivity index (χ1n) is 9.13. The van der Waals surface area contributed by atoms with Crippen molar-refractivity contribution in [3.05, 3.63) is 35.3 Å². The van der Waals surface area contributed by atoms with Crippen LogP contribution in [-0.2, 0) is 14.0 Å². The smallest absolute Gasteiger partial charge is 0.404 e. The fourth-order valence-corrected chi connectivity index (χ4v) is 2.94. The molecule has 1 fully saturated rings. The minimum atomic E-state index is -0.746. The van der Waals surface area contributed by atoms with Crippen LogP contribution in [0.1, 0.15) is 45.7 Å². The van der Waals surface area contributed by atoms with E-state index in [1.165, 1.54) is 6.20 Å². The van der Waals surface area contributed by atoms with E-state index in [1.807, 2.05) is 40.7 Å². The number of halogens is 1. The second kappa shape index (κ2) is 8.13. The normalized spacial score (nSPS) is 19.6. The SMILES string of the molecule is COCCN=C(C)/C(=C\N)c1ccc(B2OC(C)(C)C(C)(C)O2)c(F)c1C. The Morgan fingerprint density at radius 2 is 1.85 bits per heavy atom. The Labute approximate surface area is 161 Å². The molecule has 148 valence electrons. The molecule has 27 heavy (non-hydrogen) atoms. The predicted molar refractivity (Wildman–Crippen MR) is 109 cm³/mol. The Kier molecular flexibility index (Phi) is 6.50. The van der Waals surface area contributed by atoms with Crippen LogP contribution in [-0.4, -0.2) is 44.3 Å². The van der Waals surface area contributed by atoms with Gasteiger partial charge in [-0.2, -0.15) is 0 Å². The number of aliphatic imine (C=N–C) groups is 1. The monoisotopic (exact) mass is 376 g/mol. The van der Waals surface area contributed by atoms with Crippen molar-refractivity contribution in [2.45, 2.75) is 52.7 Å². The molecule has 7 heteroatoms.